The Balaban J connectivity index is 1.34. The minimum atomic E-state index is -0.0196. The van der Waals surface area contributed by atoms with Gasteiger partial charge in [0.2, 0.25) is 0 Å². The summed E-state index contributed by atoms with van der Waals surface area (Å²) in [4.78, 5) is 0. The molecule has 38 heavy (non-hydrogen) atoms. The molecule has 4 unspecified atom stereocenters. The van der Waals surface area contributed by atoms with Gasteiger partial charge in [-0.15, -0.1) is 0 Å². The summed E-state index contributed by atoms with van der Waals surface area (Å²) in [7, 11) is 0.458. The predicted octanol–water partition coefficient (Wildman–Crippen LogP) is 9.04. The smallest absolute Gasteiger partial charge is 0.136 e. The summed E-state index contributed by atoms with van der Waals surface area (Å²) in [5.41, 5.74) is 6.88. The Morgan fingerprint density at radius 1 is 0.526 bits per heavy atom. The first kappa shape index (κ1) is 28.3. The fourth-order valence-corrected chi connectivity index (χ4v) is 5.39. The van der Waals surface area contributed by atoms with E-state index in [0.717, 1.165) is 44.9 Å². The topological polar surface area (TPSA) is 36.9 Å². The van der Waals surface area contributed by atoms with Gasteiger partial charge in [-0.2, -0.15) is 0 Å². The lowest BCUT2D eigenvalue weighted by molar-refractivity contribution is 0.267. The van der Waals surface area contributed by atoms with Gasteiger partial charge < -0.3 is 18.5 Å². The van der Waals surface area contributed by atoms with Crippen LogP contribution in [0.25, 0.3) is 11.1 Å². The van der Waals surface area contributed by atoms with Crippen LogP contribution < -0.4 is 9.47 Å². The van der Waals surface area contributed by atoms with Crippen LogP contribution in [-0.4, -0.2) is 11.7 Å². The van der Waals surface area contributed by atoms with Crippen LogP contribution in [0, 0.1) is 13.8 Å². The first-order valence-corrected chi connectivity index (χ1v) is 14.8. The molecule has 0 fully saturated rings. The van der Waals surface area contributed by atoms with Crippen molar-refractivity contribution in [1.82, 2.24) is 0 Å². The van der Waals surface area contributed by atoms with Crippen molar-refractivity contribution in [3.05, 3.63) is 119 Å². The third-order valence-corrected chi connectivity index (χ3v) is 7.60. The first-order valence-electron chi connectivity index (χ1n) is 12.9. The largest absolute Gasteiger partial charge is 0.484 e. The zero-order valence-corrected chi connectivity index (χ0v) is 24.4. The molecule has 0 bridgehead atoms. The molecule has 0 heterocycles. The highest BCUT2D eigenvalue weighted by Gasteiger charge is 2.13. The molecule has 4 atom stereocenters. The second kappa shape index (κ2) is 14.4. The van der Waals surface area contributed by atoms with Gasteiger partial charge in [-0.25, -0.2) is 0 Å². The third kappa shape index (κ3) is 8.13. The number of hydrogen-bond acceptors (Lipinski definition) is 4. The zero-order chi connectivity index (χ0) is 26.7. The second-order valence-electron chi connectivity index (χ2n) is 9.18. The summed E-state index contributed by atoms with van der Waals surface area (Å²) < 4.78 is 24.4. The molecule has 4 aromatic carbocycles. The number of rotatable bonds is 13. The molecular weight excluding hydrogens is 510 g/mol. The van der Waals surface area contributed by atoms with Crippen LogP contribution in [0.2, 0.25) is 0 Å². The zero-order valence-electron chi connectivity index (χ0n) is 22.4. The van der Waals surface area contributed by atoms with Crippen LogP contribution in [0.15, 0.2) is 97.1 Å². The van der Waals surface area contributed by atoms with Crippen LogP contribution in [0.1, 0.15) is 36.1 Å². The SMILES string of the molecule is Cc1ccccc1OC(C)POCc1ccccc1-c1ccccc1COPC(C)Oc1ccccc1C. The Hall–Kier alpha value is -2.74. The number of ether oxygens (including phenoxy) is 2. The van der Waals surface area contributed by atoms with Gasteiger partial charge in [-0.1, -0.05) is 84.9 Å². The Kier molecular flexibility index (Phi) is 10.7. The highest BCUT2D eigenvalue weighted by Crippen LogP contribution is 2.33. The van der Waals surface area contributed by atoms with Crippen molar-refractivity contribution in [2.24, 2.45) is 0 Å². The quantitative estimate of drug-likeness (QED) is 0.157. The Labute approximate surface area is 230 Å². The highest BCUT2D eigenvalue weighted by molar-refractivity contribution is 7.33. The summed E-state index contributed by atoms with van der Waals surface area (Å²) in [6.45, 7) is 9.26. The van der Waals surface area contributed by atoms with Crippen molar-refractivity contribution in [3.8, 4) is 22.6 Å². The van der Waals surface area contributed by atoms with Crippen molar-refractivity contribution < 1.29 is 18.5 Å². The number of hydrogen-bond donors (Lipinski definition) is 0. The van der Waals surface area contributed by atoms with E-state index in [-0.39, 0.29) is 29.3 Å². The lowest BCUT2D eigenvalue weighted by atomic mass is 9.96. The summed E-state index contributed by atoms with van der Waals surface area (Å²) in [6, 6.07) is 33.0. The molecule has 198 valence electrons. The Morgan fingerprint density at radius 3 is 1.32 bits per heavy atom. The van der Waals surface area contributed by atoms with Crippen molar-refractivity contribution in [2.75, 3.05) is 0 Å². The van der Waals surface area contributed by atoms with Crippen LogP contribution in [0.3, 0.4) is 0 Å². The molecule has 4 aromatic rings. The van der Waals surface area contributed by atoms with Gasteiger partial charge in [0.1, 0.15) is 23.2 Å². The lowest BCUT2D eigenvalue weighted by Crippen LogP contribution is -2.07. The Bertz CT molecular complexity index is 1210. The molecule has 0 radical (unpaired) electrons. The summed E-state index contributed by atoms with van der Waals surface area (Å²) in [5.74, 6) is 1.78. The van der Waals surface area contributed by atoms with Crippen molar-refractivity contribution in [1.29, 1.82) is 0 Å². The summed E-state index contributed by atoms with van der Waals surface area (Å²) in [6.07, 6.45) is 0. The summed E-state index contributed by atoms with van der Waals surface area (Å²) >= 11 is 0. The van der Waals surface area contributed by atoms with Crippen LogP contribution >= 0.6 is 17.6 Å². The molecule has 0 N–H and O–H groups in total. The first-order chi connectivity index (χ1) is 18.5. The van der Waals surface area contributed by atoms with Crippen molar-refractivity contribution in [2.45, 2.75) is 52.6 Å². The van der Waals surface area contributed by atoms with Gasteiger partial charge >= 0.3 is 0 Å². The molecule has 0 saturated heterocycles. The normalized spacial score (nSPS) is 13.3. The van der Waals surface area contributed by atoms with E-state index in [1.54, 1.807) is 0 Å². The second-order valence-corrected chi connectivity index (χ2v) is 11.9. The van der Waals surface area contributed by atoms with Gasteiger partial charge in [-0.3, -0.25) is 0 Å². The van der Waals surface area contributed by atoms with Crippen LogP contribution in [0.4, 0.5) is 0 Å². The lowest BCUT2D eigenvalue weighted by Gasteiger charge is -2.18. The molecule has 4 nitrogen and oxygen atoms in total. The molecule has 0 amide bonds. The molecule has 0 aliphatic heterocycles. The molecular formula is C32H36O4P2. The molecule has 0 aromatic heterocycles. The third-order valence-electron chi connectivity index (χ3n) is 6.07. The van der Waals surface area contributed by atoms with E-state index in [1.807, 2.05) is 50.2 Å². The fourth-order valence-electron chi connectivity index (χ4n) is 4.10. The van der Waals surface area contributed by atoms with E-state index >= 15 is 0 Å². The van der Waals surface area contributed by atoms with Gasteiger partial charge in [0.25, 0.3) is 0 Å². The summed E-state index contributed by atoms with van der Waals surface area (Å²) in [5, 5.41) is 0. The van der Waals surface area contributed by atoms with Gasteiger partial charge in [0.05, 0.1) is 30.8 Å². The average molecular weight is 547 g/mol. The highest BCUT2D eigenvalue weighted by atomic mass is 31.1. The molecule has 0 aliphatic carbocycles. The molecule has 6 heteroatoms. The van der Waals surface area contributed by atoms with Crippen LogP contribution in [0.5, 0.6) is 11.5 Å². The number of para-hydroxylation sites is 2. The monoisotopic (exact) mass is 546 g/mol. The number of benzene rings is 4. The van der Waals surface area contributed by atoms with E-state index in [2.05, 4.69) is 74.5 Å². The molecule has 0 aliphatic rings. The van der Waals surface area contributed by atoms with E-state index in [4.69, 9.17) is 18.5 Å². The molecule has 0 spiro atoms. The molecule has 4 rings (SSSR count). The van der Waals surface area contributed by atoms with E-state index in [0.29, 0.717) is 13.2 Å². The van der Waals surface area contributed by atoms with E-state index in [9.17, 15) is 0 Å². The minimum absolute atomic E-state index is 0.0196. The van der Waals surface area contributed by atoms with Crippen molar-refractivity contribution in [3.63, 3.8) is 0 Å². The minimum Gasteiger partial charge on any atom is -0.484 e. The fraction of sp³-hybridized carbons (Fsp3) is 0.250. The average Bonchev–Trinajstić information content (AvgIpc) is 2.92. The maximum Gasteiger partial charge on any atom is 0.136 e. The maximum absolute atomic E-state index is 6.13. The van der Waals surface area contributed by atoms with Gasteiger partial charge in [0, 0.05) is 0 Å². The Morgan fingerprint density at radius 2 is 0.895 bits per heavy atom. The van der Waals surface area contributed by atoms with E-state index in [1.165, 1.54) is 0 Å². The van der Waals surface area contributed by atoms with Crippen LogP contribution in [-0.2, 0) is 22.3 Å². The van der Waals surface area contributed by atoms with E-state index < -0.39 is 0 Å². The van der Waals surface area contributed by atoms with Gasteiger partial charge in [-0.05, 0) is 73.2 Å². The predicted molar refractivity (Wildman–Crippen MR) is 161 cm³/mol. The number of aryl methyl sites for hydroxylation is 2. The standard InChI is InChI=1S/C32H36O4P2/c1-23-13-5-11-19-31(23)35-25(3)37-33-21-27-15-7-9-17-29(27)30-18-10-8-16-28(30)22-34-38-26(4)36-32-20-12-6-14-24(32)2/h5-20,25-26,37-38H,21-22H2,1-4H3. The maximum atomic E-state index is 6.13. The van der Waals surface area contributed by atoms with Crippen molar-refractivity contribution >= 4 is 17.6 Å². The van der Waals surface area contributed by atoms with Gasteiger partial charge in [0.15, 0.2) is 0 Å². The molecule has 0 saturated carbocycles.